The van der Waals surface area contributed by atoms with Gasteiger partial charge in [0.2, 0.25) is 0 Å². The minimum absolute atomic E-state index is 0.163. The van der Waals surface area contributed by atoms with E-state index in [9.17, 15) is 9.90 Å². The van der Waals surface area contributed by atoms with Crippen molar-refractivity contribution in [2.75, 3.05) is 27.2 Å². The Morgan fingerprint density at radius 3 is 2.67 bits per heavy atom. The predicted octanol–water partition coefficient (Wildman–Crippen LogP) is 0.525. The number of hydrogen-bond donors (Lipinski definition) is 4. The molecule has 2 amide bonds. The number of carbonyl (C=O) groups excluding carboxylic acids is 1. The number of aromatic nitrogens is 3. The molecular weight excluding hydrogens is 308 g/mol. The quantitative estimate of drug-likeness (QED) is 0.564. The van der Waals surface area contributed by atoms with E-state index in [0.29, 0.717) is 19.5 Å². The first kappa shape index (κ1) is 17.7. The number of carbonyl (C=O) groups is 1. The van der Waals surface area contributed by atoms with Crippen LogP contribution in [0.2, 0.25) is 0 Å². The van der Waals surface area contributed by atoms with Crippen molar-refractivity contribution in [1.29, 1.82) is 0 Å². The predicted molar refractivity (Wildman–Crippen MR) is 90.8 cm³/mol. The number of phenols is 1. The summed E-state index contributed by atoms with van der Waals surface area (Å²) in [6.07, 6.45) is 3.06. The first-order chi connectivity index (χ1) is 11.5. The Morgan fingerprint density at radius 2 is 2.04 bits per heavy atom. The van der Waals surface area contributed by atoms with Crippen LogP contribution in [0.4, 0.5) is 4.79 Å². The Balaban J connectivity index is 1.73. The maximum atomic E-state index is 11.9. The van der Waals surface area contributed by atoms with E-state index in [-0.39, 0.29) is 17.8 Å². The van der Waals surface area contributed by atoms with Crippen molar-refractivity contribution in [2.45, 2.75) is 18.9 Å². The van der Waals surface area contributed by atoms with Gasteiger partial charge in [-0.05, 0) is 38.2 Å². The summed E-state index contributed by atoms with van der Waals surface area (Å²) in [7, 11) is 3.96. The zero-order valence-electron chi connectivity index (χ0n) is 14.0. The van der Waals surface area contributed by atoms with Crippen LogP contribution in [-0.4, -0.2) is 64.7 Å². The van der Waals surface area contributed by atoms with Gasteiger partial charge in [0.1, 0.15) is 5.75 Å². The SMILES string of the molecule is CN(C)C(CNC(=O)NCCc1cn[nH]n1)Cc1ccc(O)cc1. The highest BCUT2D eigenvalue weighted by Gasteiger charge is 2.13. The highest BCUT2D eigenvalue weighted by molar-refractivity contribution is 5.73. The fourth-order valence-corrected chi connectivity index (χ4v) is 2.26. The van der Waals surface area contributed by atoms with Crippen molar-refractivity contribution < 1.29 is 9.90 Å². The molecule has 2 rings (SSSR count). The number of phenolic OH excluding ortho intramolecular Hbond substituents is 1. The summed E-state index contributed by atoms with van der Waals surface area (Å²) in [6, 6.07) is 7.10. The lowest BCUT2D eigenvalue weighted by Gasteiger charge is -2.25. The van der Waals surface area contributed by atoms with Crippen LogP contribution >= 0.6 is 0 Å². The summed E-state index contributed by atoms with van der Waals surface area (Å²) in [6.45, 7) is 1.03. The van der Waals surface area contributed by atoms with Gasteiger partial charge < -0.3 is 20.6 Å². The van der Waals surface area contributed by atoms with Crippen molar-refractivity contribution in [1.82, 2.24) is 30.9 Å². The molecule has 0 aliphatic rings. The summed E-state index contributed by atoms with van der Waals surface area (Å²) < 4.78 is 0. The monoisotopic (exact) mass is 332 g/mol. The Bertz CT molecular complexity index is 612. The zero-order valence-corrected chi connectivity index (χ0v) is 14.0. The van der Waals surface area contributed by atoms with Crippen LogP contribution in [-0.2, 0) is 12.8 Å². The highest BCUT2D eigenvalue weighted by atomic mass is 16.3. The average molecular weight is 332 g/mol. The molecule has 130 valence electrons. The number of benzene rings is 1. The van der Waals surface area contributed by atoms with E-state index in [1.165, 1.54) is 0 Å². The Labute approximate surface area is 141 Å². The number of nitrogens with one attached hydrogen (secondary N) is 3. The van der Waals surface area contributed by atoms with E-state index >= 15 is 0 Å². The Morgan fingerprint density at radius 1 is 1.29 bits per heavy atom. The van der Waals surface area contributed by atoms with E-state index in [1.54, 1.807) is 18.3 Å². The summed E-state index contributed by atoms with van der Waals surface area (Å²) in [5.41, 5.74) is 1.92. The number of aromatic amines is 1. The topological polar surface area (TPSA) is 106 Å². The van der Waals surface area contributed by atoms with Gasteiger partial charge in [-0.25, -0.2) is 4.79 Å². The van der Waals surface area contributed by atoms with Crippen LogP contribution in [0.5, 0.6) is 5.75 Å². The first-order valence-corrected chi connectivity index (χ1v) is 7.85. The number of H-pyrrole nitrogens is 1. The van der Waals surface area contributed by atoms with Crippen LogP contribution in [0.25, 0.3) is 0 Å². The molecule has 0 aliphatic carbocycles. The van der Waals surface area contributed by atoms with Gasteiger partial charge in [0, 0.05) is 25.6 Å². The molecule has 8 nitrogen and oxygen atoms in total. The minimum Gasteiger partial charge on any atom is -0.508 e. The summed E-state index contributed by atoms with van der Waals surface area (Å²) in [4.78, 5) is 13.9. The number of nitrogens with zero attached hydrogens (tertiary/aromatic N) is 3. The standard InChI is InChI=1S/C16H24N6O2/c1-22(2)14(9-12-3-5-15(23)6-4-12)11-18-16(24)17-8-7-13-10-19-21-20-13/h3-6,10,14,23H,7-9,11H2,1-2H3,(H2,17,18,24)(H,19,20,21). The maximum absolute atomic E-state index is 11.9. The third-order valence-electron chi connectivity index (χ3n) is 3.77. The lowest BCUT2D eigenvalue weighted by Crippen LogP contribution is -2.45. The van der Waals surface area contributed by atoms with Crippen molar-refractivity contribution in [2.24, 2.45) is 0 Å². The molecule has 1 heterocycles. The molecule has 0 bridgehead atoms. The summed E-state index contributed by atoms with van der Waals surface area (Å²) in [5.74, 6) is 0.254. The van der Waals surface area contributed by atoms with Gasteiger partial charge in [-0.15, -0.1) is 0 Å². The van der Waals surface area contributed by atoms with Crippen LogP contribution in [0, 0.1) is 0 Å². The van der Waals surface area contributed by atoms with E-state index < -0.39 is 0 Å². The molecule has 0 radical (unpaired) electrons. The van der Waals surface area contributed by atoms with E-state index in [0.717, 1.165) is 17.7 Å². The second-order valence-electron chi connectivity index (χ2n) is 5.84. The van der Waals surface area contributed by atoms with Crippen LogP contribution in [0.1, 0.15) is 11.3 Å². The number of aromatic hydroxyl groups is 1. The molecule has 0 saturated heterocycles. The average Bonchev–Trinajstić information content (AvgIpc) is 3.06. The molecule has 1 atom stereocenters. The second-order valence-corrected chi connectivity index (χ2v) is 5.84. The fourth-order valence-electron chi connectivity index (χ4n) is 2.26. The smallest absolute Gasteiger partial charge is 0.314 e. The van der Waals surface area contributed by atoms with E-state index in [4.69, 9.17) is 0 Å². The van der Waals surface area contributed by atoms with Crippen molar-refractivity contribution >= 4 is 6.03 Å². The van der Waals surface area contributed by atoms with Crippen LogP contribution in [0.3, 0.4) is 0 Å². The molecule has 0 fully saturated rings. The number of urea groups is 1. The fraction of sp³-hybridized carbons (Fsp3) is 0.438. The molecule has 4 N–H and O–H groups in total. The number of amides is 2. The van der Waals surface area contributed by atoms with Crippen LogP contribution < -0.4 is 10.6 Å². The third kappa shape index (κ3) is 5.88. The van der Waals surface area contributed by atoms with Crippen molar-refractivity contribution in [3.05, 3.63) is 41.7 Å². The van der Waals surface area contributed by atoms with Crippen molar-refractivity contribution in [3.8, 4) is 5.75 Å². The first-order valence-electron chi connectivity index (χ1n) is 7.85. The van der Waals surface area contributed by atoms with Gasteiger partial charge in [0.05, 0.1) is 11.9 Å². The van der Waals surface area contributed by atoms with Gasteiger partial charge in [0.15, 0.2) is 0 Å². The van der Waals surface area contributed by atoms with E-state index in [2.05, 4.69) is 30.9 Å². The lowest BCUT2D eigenvalue weighted by atomic mass is 10.1. The molecule has 1 aromatic heterocycles. The van der Waals surface area contributed by atoms with Gasteiger partial charge in [0.25, 0.3) is 0 Å². The van der Waals surface area contributed by atoms with Crippen molar-refractivity contribution in [3.63, 3.8) is 0 Å². The van der Waals surface area contributed by atoms with Gasteiger partial charge in [-0.3, -0.25) is 0 Å². The molecule has 0 aliphatic heterocycles. The molecule has 8 heteroatoms. The maximum Gasteiger partial charge on any atom is 0.314 e. The third-order valence-corrected chi connectivity index (χ3v) is 3.77. The normalized spacial score (nSPS) is 12.1. The number of likely N-dealkylation sites (N-methyl/N-ethyl adjacent to an activating group) is 1. The highest BCUT2D eigenvalue weighted by Crippen LogP contribution is 2.12. The van der Waals surface area contributed by atoms with Gasteiger partial charge >= 0.3 is 6.03 Å². The molecule has 1 unspecified atom stereocenters. The molecule has 0 saturated carbocycles. The largest absolute Gasteiger partial charge is 0.508 e. The summed E-state index contributed by atoms with van der Waals surface area (Å²) in [5, 5.41) is 25.2. The summed E-state index contributed by atoms with van der Waals surface area (Å²) >= 11 is 0. The Hall–Kier alpha value is -2.61. The molecule has 2 aromatic rings. The number of rotatable bonds is 8. The van der Waals surface area contributed by atoms with Crippen LogP contribution in [0.15, 0.2) is 30.5 Å². The molecule has 1 aromatic carbocycles. The van der Waals surface area contributed by atoms with Gasteiger partial charge in [-0.1, -0.05) is 12.1 Å². The second kappa shape index (κ2) is 8.88. The minimum atomic E-state index is -0.198. The zero-order chi connectivity index (χ0) is 17.4. The lowest BCUT2D eigenvalue weighted by molar-refractivity contribution is 0.232. The molecule has 24 heavy (non-hydrogen) atoms. The van der Waals surface area contributed by atoms with Gasteiger partial charge in [-0.2, -0.15) is 15.4 Å². The molecule has 0 spiro atoms. The molecular formula is C16H24N6O2. The Kier molecular flexibility index (Phi) is 6.56. The van der Waals surface area contributed by atoms with E-state index in [1.807, 2.05) is 26.2 Å². The number of hydrogen-bond acceptors (Lipinski definition) is 5.